The molecule has 0 bridgehead atoms. The zero-order valence-electron chi connectivity index (χ0n) is 10.2. The van der Waals surface area contributed by atoms with Crippen LogP contribution in [0.2, 0.25) is 0 Å². The highest BCUT2D eigenvalue weighted by molar-refractivity contribution is 5.92. The largest absolute Gasteiger partial charge is 0.332 e. The highest BCUT2D eigenvalue weighted by Crippen LogP contribution is 2.13. The van der Waals surface area contributed by atoms with E-state index in [0.29, 0.717) is 24.6 Å². The van der Waals surface area contributed by atoms with Crippen LogP contribution in [-0.4, -0.2) is 36.9 Å². The second-order valence-corrected chi connectivity index (χ2v) is 4.19. The van der Waals surface area contributed by atoms with E-state index in [0.717, 1.165) is 12.4 Å². The number of hydrogen-bond donors (Lipinski definition) is 2. The number of nitrogens with one attached hydrogen (secondary N) is 1. The summed E-state index contributed by atoms with van der Waals surface area (Å²) in [6, 6.07) is 0. The molecule has 8 heteroatoms. The van der Waals surface area contributed by atoms with Gasteiger partial charge in [0.15, 0.2) is 5.82 Å². The minimum Gasteiger partial charge on any atom is -0.332 e. The molecule has 0 aromatic carbocycles. The standard InChI is InChI=1S/C11H13N7O/c12-16-9-6-14-8(5-15-9)11(19)18-4-3-17-2-1-13-10(17)7-18/h1-2,5-6H,3-4,7,12H2,(H,15,16). The van der Waals surface area contributed by atoms with Gasteiger partial charge in [0.2, 0.25) is 0 Å². The van der Waals surface area contributed by atoms with Gasteiger partial charge in [-0.1, -0.05) is 0 Å². The first-order valence-electron chi connectivity index (χ1n) is 5.86. The molecular weight excluding hydrogens is 246 g/mol. The molecule has 0 saturated carbocycles. The molecule has 0 atom stereocenters. The van der Waals surface area contributed by atoms with Crippen LogP contribution in [0.1, 0.15) is 16.3 Å². The summed E-state index contributed by atoms with van der Waals surface area (Å²) in [4.78, 5) is 26.2. The van der Waals surface area contributed by atoms with E-state index in [4.69, 9.17) is 5.84 Å². The van der Waals surface area contributed by atoms with Crippen molar-refractivity contribution in [2.45, 2.75) is 13.1 Å². The number of anilines is 1. The van der Waals surface area contributed by atoms with E-state index in [-0.39, 0.29) is 5.91 Å². The summed E-state index contributed by atoms with van der Waals surface area (Å²) >= 11 is 0. The molecule has 2 aromatic rings. The van der Waals surface area contributed by atoms with Crippen molar-refractivity contribution in [2.24, 2.45) is 5.84 Å². The molecule has 0 radical (unpaired) electrons. The van der Waals surface area contributed by atoms with Crippen LogP contribution in [0.3, 0.4) is 0 Å². The molecule has 0 fully saturated rings. The Morgan fingerprint density at radius 2 is 2.16 bits per heavy atom. The van der Waals surface area contributed by atoms with Crippen molar-refractivity contribution in [2.75, 3.05) is 12.0 Å². The fourth-order valence-electron chi connectivity index (χ4n) is 2.02. The van der Waals surface area contributed by atoms with E-state index in [2.05, 4.69) is 20.4 Å². The topological polar surface area (TPSA) is 102 Å². The number of imidazole rings is 1. The summed E-state index contributed by atoms with van der Waals surface area (Å²) in [5.41, 5.74) is 2.67. The maximum atomic E-state index is 12.3. The quantitative estimate of drug-likeness (QED) is 0.563. The normalized spacial score (nSPS) is 14.1. The summed E-state index contributed by atoms with van der Waals surface area (Å²) < 4.78 is 2.04. The number of hydrazine groups is 1. The molecule has 0 aliphatic carbocycles. The highest BCUT2D eigenvalue weighted by Gasteiger charge is 2.23. The number of nitrogen functional groups attached to an aromatic ring is 1. The molecule has 0 spiro atoms. The fraction of sp³-hybridized carbons (Fsp3) is 0.273. The number of amides is 1. The van der Waals surface area contributed by atoms with E-state index in [9.17, 15) is 4.79 Å². The van der Waals surface area contributed by atoms with Crippen LogP contribution >= 0.6 is 0 Å². The summed E-state index contributed by atoms with van der Waals surface area (Å²) in [6.07, 6.45) is 6.50. The first-order valence-corrected chi connectivity index (χ1v) is 5.86. The van der Waals surface area contributed by atoms with Crippen LogP contribution in [0.15, 0.2) is 24.8 Å². The summed E-state index contributed by atoms with van der Waals surface area (Å²) in [7, 11) is 0. The van der Waals surface area contributed by atoms with E-state index in [1.165, 1.54) is 12.4 Å². The number of nitrogens with zero attached hydrogens (tertiary/aromatic N) is 5. The summed E-state index contributed by atoms with van der Waals surface area (Å²) in [5.74, 6) is 6.36. The first kappa shape index (κ1) is 11.6. The van der Waals surface area contributed by atoms with Crippen LogP contribution in [-0.2, 0) is 13.1 Å². The number of rotatable bonds is 2. The molecule has 3 N–H and O–H groups in total. The lowest BCUT2D eigenvalue weighted by molar-refractivity contribution is 0.0701. The first-order chi connectivity index (χ1) is 9.28. The van der Waals surface area contributed by atoms with Crippen molar-refractivity contribution < 1.29 is 4.79 Å². The van der Waals surface area contributed by atoms with Gasteiger partial charge in [0.25, 0.3) is 5.91 Å². The predicted octanol–water partition coefficient (Wildman–Crippen LogP) is -0.385. The lowest BCUT2D eigenvalue weighted by Gasteiger charge is -2.27. The molecule has 1 amide bonds. The van der Waals surface area contributed by atoms with Crippen LogP contribution in [0.25, 0.3) is 0 Å². The van der Waals surface area contributed by atoms with Crippen molar-refractivity contribution >= 4 is 11.7 Å². The van der Waals surface area contributed by atoms with Crippen LogP contribution < -0.4 is 11.3 Å². The van der Waals surface area contributed by atoms with Gasteiger partial charge in [0.05, 0.1) is 18.9 Å². The van der Waals surface area contributed by atoms with Gasteiger partial charge in [0, 0.05) is 25.5 Å². The van der Waals surface area contributed by atoms with E-state index in [1.54, 1.807) is 11.1 Å². The lowest BCUT2D eigenvalue weighted by atomic mass is 10.3. The van der Waals surface area contributed by atoms with Gasteiger partial charge in [-0.25, -0.2) is 20.8 Å². The molecule has 0 unspecified atom stereocenters. The Bertz CT molecular complexity index is 591. The second kappa shape index (κ2) is 4.65. The van der Waals surface area contributed by atoms with Crippen LogP contribution in [0, 0.1) is 0 Å². The number of hydrogen-bond acceptors (Lipinski definition) is 6. The average Bonchev–Trinajstić information content (AvgIpc) is 2.94. The summed E-state index contributed by atoms with van der Waals surface area (Å²) in [5, 5.41) is 0. The molecule has 0 saturated heterocycles. The SMILES string of the molecule is NNc1cnc(C(=O)N2CCn3ccnc3C2)cn1. The Hall–Kier alpha value is -2.48. The van der Waals surface area contributed by atoms with E-state index >= 15 is 0 Å². The zero-order valence-corrected chi connectivity index (χ0v) is 10.2. The molecule has 1 aliphatic heterocycles. The van der Waals surface area contributed by atoms with Crippen molar-refractivity contribution in [3.63, 3.8) is 0 Å². The maximum absolute atomic E-state index is 12.3. The van der Waals surface area contributed by atoms with E-state index < -0.39 is 0 Å². The van der Waals surface area contributed by atoms with Gasteiger partial charge in [-0.15, -0.1) is 0 Å². The smallest absolute Gasteiger partial charge is 0.274 e. The Labute approximate surface area is 109 Å². The Balaban J connectivity index is 1.77. The van der Waals surface area contributed by atoms with Crippen molar-refractivity contribution in [1.82, 2.24) is 24.4 Å². The van der Waals surface area contributed by atoms with Gasteiger partial charge in [-0.05, 0) is 0 Å². The van der Waals surface area contributed by atoms with Gasteiger partial charge < -0.3 is 14.9 Å². The second-order valence-electron chi connectivity index (χ2n) is 4.19. The van der Waals surface area contributed by atoms with Gasteiger partial charge in [0.1, 0.15) is 11.5 Å². The predicted molar refractivity (Wildman–Crippen MR) is 66.8 cm³/mol. The monoisotopic (exact) mass is 259 g/mol. The number of carbonyl (C=O) groups is 1. The molecule has 2 aromatic heterocycles. The maximum Gasteiger partial charge on any atom is 0.274 e. The Kier molecular flexibility index (Phi) is 2.84. The third-order valence-corrected chi connectivity index (χ3v) is 3.05. The molecule has 3 rings (SSSR count). The van der Waals surface area contributed by atoms with Gasteiger partial charge >= 0.3 is 0 Å². The van der Waals surface area contributed by atoms with Gasteiger partial charge in [-0.2, -0.15) is 0 Å². The summed E-state index contributed by atoms with van der Waals surface area (Å²) in [6.45, 7) is 1.88. The number of nitrogens with two attached hydrogens (primary N) is 1. The number of fused-ring (bicyclic) bond motifs is 1. The van der Waals surface area contributed by atoms with Crippen LogP contribution in [0.5, 0.6) is 0 Å². The highest BCUT2D eigenvalue weighted by atomic mass is 16.2. The van der Waals surface area contributed by atoms with Crippen molar-refractivity contribution in [3.8, 4) is 0 Å². The molecule has 19 heavy (non-hydrogen) atoms. The fourth-order valence-corrected chi connectivity index (χ4v) is 2.02. The van der Waals surface area contributed by atoms with Crippen molar-refractivity contribution in [1.29, 1.82) is 0 Å². The molecule has 98 valence electrons. The Morgan fingerprint density at radius 1 is 1.26 bits per heavy atom. The van der Waals surface area contributed by atoms with Crippen molar-refractivity contribution in [3.05, 3.63) is 36.3 Å². The zero-order chi connectivity index (χ0) is 13.2. The third kappa shape index (κ3) is 2.13. The Morgan fingerprint density at radius 3 is 2.89 bits per heavy atom. The minimum atomic E-state index is -0.148. The van der Waals surface area contributed by atoms with Gasteiger partial charge in [-0.3, -0.25) is 4.79 Å². The number of aromatic nitrogens is 4. The average molecular weight is 259 g/mol. The van der Waals surface area contributed by atoms with Crippen LogP contribution in [0.4, 0.5) is 5.82 Å². The van der Waals surface area contributed by atoms with E-state index in [1.807, 2.05) is 10.8 Å². The molecule has 3 heterocycles. The molecule has 1 aliphatic rings. The molecule has 8 nitrogen and oxygen atoms in total. The minimum absolute atomic E-state index is 0.148. The third-order valence-electron chi connectivity index (χ3n) is 3.05. The number of carbonyl (C=O) groups excluding carboxylic acids is 1. The lowest BCUT2D eigenvalue weighted by Crippen LogP contribution is -2.38. The molecular formula is C11H13N7O.